The molecule has 0 aliphatic carbocycles. The molecule has 1 N–H and O–H groups in total. The third-order valence-electron chi connectivity index (χ3n) is 4.70. The summed E-state index contributed by atoms with van der Waals surface area (Å²) < 4.78 is 13.3. The van der Waals surface area contributed by atoms with Crippen molar-refractivity contribution in [3.8, 4) is 11.5 Å². The van der Waals surface area contributed by atoms with Crippen LogP contribution in [0.5, 0.6) is 11.5 Å². The van der Waals surface area contributed by atoms with Crippen LogP contribution in [0.15, 0.2) is 53.7 Å². The molecule has 1 atom stereocenters. The van der Waals surface area contributed by atoms with Crippen molar-refractivity contribution < 1.29 is 14.3 Å². The highest BCUT2D eigenvalue weighted by Crippen LogP contribution is 2.27. The second-order valence-corrected chi connectivity index (χ2v) is 8.93. The van der Waals surface area contributed by atoms with Crippen molar-refractivity contribution in [1.29, 1.82) is 0 Å². The zero-order valence-electron chi connectivity index (χ0n) is 19.2. The van der Waals surface area contributed by atoms with Crippen LogP contribution in [-0.2, 0) is 11.3 Å². The molecule has 0 radical (unpaired) electrons. The number of nitrogens with zero attached hydrogens (tertiary/aromatic N) is 3. The highest BCUT2D eigenvalue weighted by molar-refractivity contribution is 7.99. The Kier molecular flexibility index (Phi) is 8.16. The zero-order chi connectivity index (χ0) is 23.1. The molecule has 1 heterocycles. The third-order valence-corrected chi connectivity index (χ3v) is 5.66. The number of thioether (sulfide) groups is 1. The molecule has 170 valence electrons. The minimum Gasteiger partial charge on any atom is -0.497 e. The molecule has 0 aliphatic heterocycles. The average Bonchev–Trinajstić information content (AvgIpc) is 3.16. The molecule has 0 fully saturated rings. The van der Waals surface area contributed by atoms with Gasteiger partial charge in [0.25, 0.3) is 0 Å². The van der Waals surface area contributed by atoms with Crippen molar-refractivity contribution in [2.45, 2.75) is 45.5 Å². The van der Waals surface area contributed by atoms with Crippen LogP contribution in [0.25, 0.3) is 0 Å². The number of carbonyl (C=O) groups is 1. The maximum absolute atomic E-state index is 12.4. The smallest absolute Gasteiger partial charge is 0.234 e. The number of amides is 1. The van der Waals surface area contributed by atoms with Gasteiger partial charge in [-0.15, -0.1) is 10.2 Å². The van der Waals surface area contributed by atoms with Crippen molar-refractivity contribution in [3.63, 3.8) is 0 Å². The van der Waals surface area contributed by atoms with Gasteiger partial charge in [-0.3, -0.25) is 4.79 Å². The maximum atomic E-state index is 12.4. The van der Waals surface area contributed by atoms with Gasteiger partial charge in [-0.1, -0.05) is 43.3 Å². The summed E-state index contributed by atoms with van der Waals surface area (Å²) in [5.74, 6) is 2.79. The summed E-state index contributed by atoms with van der Waals surface area (Å²) >= 11 is 1.37. The number of benzene rings is 2. The summed E-state index contributed by atoms with van der Waals surface area (Å²) in [6.07, 6.45) is -0.301. The van der Waals surface area contributed by atoms with E-state index in [2.05, 4.69) is 29.4 Å². The lowest BCUT2D eigenvalue weighted by Gasteiger charge is -2.18. The molecular formula is C24H30N4O3S. The molecule has 32 heavy (non-hydrogen) atoms. The molecule has 3 aromatic rings. The largest absolute Gasteiger partial charge is 0.497 e. The van der Waals surface area contributed by atoms with Gasteiger partial charge >= 0.3 is 0 Å². The van der Waals surface area contributed by atoms with Crippen LogP contribution in [0.2, 0.25) is 0 Å². The van der Waals surface area contributed by atoms with Crippen LogP contribution in [0, 0.1) is 12.8 Å². The second kappa shape index (κ2) is 11.0. The molecule has 0 aliphatic rings. The van der Waals surface area contributed by atoms with Gasteiger partial charge in [-0.2, -0.15) is 0 Å². The van der Waals surface area contributed by atoms with Crippen LogP contribution in [-0.4, -0.2) is 33.5 Å². The molecule has 8 heteroatoms. The van der Waals surface area contributed by atoms with Crippen LogP contribution < -0.4 is 14.8 Å². The molecule has 1 aromatic heterocycles. The Morgan fingerprint density at radius 2 is 1.69 bits per heavy atom. The molecule has 1 amide bonds. The first-order chi connectivity index (χ1) is 15.4. The minimum atomic E-state index is -0.301. The van der Waals surface area contributed by atoms with Crippen LogP contribution >= 0.6 is 11.8 Å². The molecule has 3 rings (SSSR count). The summed E-state index contributed by atoms with van der Waals surface area (Å²) in [6.45, 7) is 8.97. The topological polar surface area (TPSA) is 78.3 Å². The first kappa shape index (κ1) is 23.7. The lowest BCUT2D eigenvalue weighted by atomic mass is 10.2. The standard InChI is InChI=1S/C24H30N4O3S/c1-16(2)14-28-23(18(4)31-21-12-10-20(30-5)11-13-21)26-27-24(28)32-15-22(29)25-19-8-6-17(3)7-9-19/h6-13,16,18H,14-15H2,1-5H3,(H,25,29). The molecule has 0 saturated carbocycles. The Hall–Kier alpha value is -3.00. The normalized spacial score (nSPS) is 11.9. The fourth-order valence-electron chi connectivity index (χ4n) is 3.12. The number of nitrogens with one attached hydrogen (secondary N) is 1. The van der Waals surface area contributed by atoms with E-state index in [9.17, 15) is 4.79 Å². The number of hydrogen-bond donors (Lipinski definition) is 1. The average molecular weight is 455 g/mol. The minimum absolute atomic E-state index is 0.0815. The first-order valence-corrected chi connectivity index (χ1v) is 11.6. The number of ether oxygens (including phenoxy) is 2. The SMILES string of the molecule is COc1ccc(OC(C)c2nnc(SCC(=O)Nc3ccc(C)cc3)n2CC(C)C)cc1. The number of methoxy groups -OCH3 is 1. The molecule has 0 saturated heterocycles. The number of aromatic nitrogens is 3. The predicted octanol–water partition coefficient (Wildman–Crippen LogP) is 5.12. The van der Waals surface area contributed by atoms with E-state index < -0.39 is 0 Å². The highest BCUT2D eigenvalue weighted by atomic mass is 32.2. The summed E-state index contributed by atoms with van der Waals surface area (Å²) in [7, 11) is 1.63. The number of anilines is 1. The van der Waals surface area contributed by atoms with E-state index in [1.165, 1.54) is 11.8 Å². The first-order valence-electron chi connectivity index (χ1n) is 10.6. The molecular weight excluding hydrogens is 424 g/mol. The fourth-order valence-corrected chi connectivity index (χ4v) is 3.87. The Morgan fingerprint density at radius 3 is 2.31 bits per heavy atom. The molecule has 2 aromatic carbocycles. The van der Waals surface area contributed by atoms with E-state index in [1.54, 1.807) is 7.11 Å². The van der Waals surface area contributed by atoms with Crippen LogP contribution in [0.1, 0.15) is 38.3 Å². The van der Waals surface area contributed by atoms with E-state index in [4.69, 9.17) is 9.47 Å². The van der Waals surface area contributed by atoms with Gasteiger partial charge in [-0.05, 0) is 56.2 Å². The quantitative estimate of drug-likeness (QED) is 0.428. The Labute approximate surface area is 193 Å². The van der Waals surface area contributed by atoms with Crippen LogP contribution in [0.4, 0.5) is 5.69 Å². The lowest BCUT2D eigenvalue weighted by molar-refractivity contribution is -0.113. The van der Waals surface area contributed by atoms with Gasteiger partial charge in [0.05, 0.1) is 12.9 Å². The van der Waals surface area contributed by atoms with Gasteiger partial charge in [0.2, 0.25) is 5.91 Å². The van der Waals surface area contributed by atoms with Gasteiger partial charge in [0.15, 0.2) is 17.1 Å². The van der Waals surface area contributed by atoms with E-state index in [-0.39, 0.29) is 17.8 Å². The van der Waals surface area contributed by atoms with Gasteiger partial charge < -0.3 is 19.4 Å². The van der Waals surface area contributed by atoms with Crippen LogP contribution in [0.3, 0.4) is 0 Å². The van der Waals surface area contributed by atoms with Crippen molar-refractivity contribution in [3.05, 3.63) is 59.9 Å². The fraction of sp³-hybridized carbons (Fsp3) is 0.375. The highest BCUT2D eigenvalue weighted by Gasteiger charge is 2.21. The van der Waals surface area contributed by atoms with Crippen molar-refractivity contribution in [1.82, 2.24) is 14.8 Å². The van der Waals surface area contributed by atoms with E-state index in [0.29, 0.717) is 11.1 Å². The zero-order valence-corrected chi connectivity index (χ0v) is 20.0. The maximum Gasteiger partial charge on any atom is 0.234 e. The third kappa shape index (κ3) is 6.50. The summed E-state index contributed by atoms with van der Waals surface area (Å²) in [5, 5.41) is 12.4. The summed E-state index contributed by atoms with van der Waals surface area (Å²) in [4.78, 5) is 12.4. The van der Waals surface area contributed by atoms with Gasteiger partial charge in [0.1, 0.15) is 11.5 Å². The van der Waals surface area contributed by atoms with Crippen molar-refractivity contribution in [2.24, 2.45) is 5.92 Å². The van der Waals surface area contributed by atoms with Crippen molar-refractivity contribution >= 4 is 23.4 Å². The van der Waals surface area contributed by atoms with Gasteiger partial charge in [-0.25, -0.2) is 0 Å². The Morgan fingerprint density at radius 1 is 1.03 bits per heavy atom. The summed E-state index contributed by atoms with van der Waals surface area (Å²) in [6, 6.07) is 15.2. The Balaban J connectivity index is 1.67. The second-order valence-electron chi connectivity index (χ2n) is 7.98. The number of aryl methyl sites for hydroxylation is 1. The molecule has 0 spiro atoms. The Bertz CT molecular complexity index is 1020. The monoisotopic (exact) mass is 454 g/mol. The lowest BCUT2D eigenvalue weighted by Crippen LogP contribution is -2.17. The number of carbonyl (C=O) groups excluding carboxylic acids is 1. The number of rotatable bonds is 10. The van der Waals surface area contributed by atoms with E-state index in [1.807, 2.05) is 66.9 Å². The van der Waals surface area contributed by atoms with E-state index >= 15 is 0 Å². The van der Waals surface area contributed by atoms with Crippen molar-refractivity contribution in [2.75, 3.05) is 18.2 Å². The van der Waals surface area contributed by atoms with Gasteiger partial charge in [0, 0.05) is 12.2 Å². The summed E-state index contributed by atoms with van der Waals surface area (Å²) in [5.41, 5.74) is 1.93. The molecule has 0 bridgehead atoms. The predicted molar refractivity (Wildman–Crippen MR) is 127 cm³/mol. The molecule has 7 nitrogen and oxygen atoms in total. The number of hydrogen-bond acceptors (Lipinski definition) is 6. The molecule has 1 unspecified atom stereocenters. The van der Waals surface area contributed by atoms with E-state index in [0.717, 1.165) is 35.1 Å².